The second-order valence-electron chi connectivity index (χ2n) is 4.47. The molecule has 1 aromatic rings. The van der Waals surface area contributed by atoms with Gasteiger partial charge in [-0.2, -0.15) is 5.10 Å². The maximum Gasteiger partial charge on any atom is 0.244 e. The van der Waals surface area contributed by atoms with Gasteiger partial charge >= 0.3 is 0 Å². The molecule has 5 nitrogen and oxygen atoms in total. The van der Waals surface area contributed by atoms with Crippen molar-refractivity contribution in [2.45, 2.75) is 25.9 Å². The van der Waals surface area contributed by atoms with Crippen molar-refractivity contribution >= 4 is 5.91 Å². The lowest BCUT2D eigenvalue weighted by molar-refractivity contribution is -0.133. The SMILES string of the molecule is CC1CN(C(=O)Cn2cccn2)CCC1N. The largest absolute Gasteiger partial charge is 0.341 e. The first-order chi connectivity index (χ1) is 7.66. The van der Waals surface area contributed by atoms with Gasteiger partial charge in [0.25, 0.3) is 0 Å². The van der Waals surface area contributed by atoms with Crippen molar-refractivity contribution in [2.24, 2.45) is 11.7 Å². The molecular formula is C11H18N4O. The van der Waals surface area contributed by atoms with E-state index in [0.29, 0.717) is 12.5 Å². The number of nitrogens with two attached hydrogens (primary N) is 1. The molecule has 1 aliphatic heterocycles. The van der Waals surface area contributed by atoms with Crippen molar-refractivity contribution in [2.75, 3.05) is 13.1 Å². The highest BCUT2D eigenvalue weighted by molar-refractivity contribution is 5.76. The standard InChI is InChI=1S/C11H18N4O/c1-9-7-14(6-3-10(9)12)11(16)8-15-5-2-4-13-15/h2,4-5,9-10H,3,6-8,12H2,1H3. The minimum absolute atomic E-state index is 0.127. The Kier molecular flexibility index (Phi) is 3.24. The third kappa shape index (κ3) is 2.41. The summed E-state index contributed by atoms with van der Waals surface area (Å²) < 4.78 is 1.65. The molecule has 1 fully saturated rings. The van der Waals surface area contributed by atoms with Crippen molar-refractivity contribution in [3.05, 3.63) is 18.5 Å². The number of carbonyl (C=O) groups excluding carboxylic acids is 1. The van der Waals surface area contributed by atoms with Crippen LogP contribution in [0.25, 0.3) is 0 Å². The number of nitrogens with zero attached hydrogens (tertiary/aromatic N) is 3. The predicted octanol–water partition coefficient (Wildman–Crippen LogP) is 0.0788. The fourth-order valence-corrected chi connectivity index (χ4v) is 2.02. The summed E-state index contributed by atoms with van der Waals surface area (Å²) in [6, 6.07) is 2.05. The van der Waals surface area contributed by atoms with Crippen LogP contribution in [0.1, 0.15) is 13.3 Å². The van der Waals surface area contributed by atoms with E-state index in [1.807, 2.05) is 11.0 Å². The Bertz CT molecular complexity index is 349. The number of aromatic nitrogens is 2. The molecule has 0 bridgehead atoms. The normalized spacial score (nSPS) is 25.8. The average Bonchev–Trinajstić information content (AvgIpc) is 2.74. The van der Waals surface area contributed by atoms with Crippen LogP contribution in [0.3, 0.4) is 0 Å². The number of hydrogen-bond acceptors (Lipinski definition) is 3. The highest BCUT2D eigenvalue weighted by Gasteiger charge is 2.26. The van der Waals surface area contributed by atoms with Gasteiger partial charge in [-0.25, -0.2) is 0 Å². The highest BCUT2D eigenvalue weighted by Crippen LogP contribution is 2.15. The Hall–Kier alpha value is -1.36. The van der Waals surface area contributed by atoms with Crippen molar-refractivity contribution in [3.8, 4) is 0 Å². The molecule has 1 aromatic heterocycles. The molecule has 0 radical (unpaired) electrons. The van der Waals surface area contributed by atoms with Gasteiger partial charge in [0.1, 0.15) is 6.54 Å². The fraction of sp³-hybridized carbons (Fsp3) is 0.636. The molecule has 1 aliphatic rings. The summed E-state index contributed by atoms with van der Waals surface area (Å²) in [6.07, 6.45) is 4.38. The first kappa shape index (κ1) is 11.1. The molecule has 1 saturated heterocycles. The van der Waals surface area contributed by atoms with Crippen LogP contribution >= 0.6 is 0 Å². The van der Waals surface area contributed by atoms with Crippen molar-refractivity contribution in [1.82, 2.24) is 14.7 Å². The van der Waals surface area contributed by atoms with Crippen LogP contribution in [0.15, 0.2) is 18.5 Å². The lowest BCUT2D eigenvalue weighted by Gasteiger charge is -2.35. The Labute approximate surface area is 95.2 Å². The molecule has 0 aliphatic carbocycles. The molecule has 88 valence electrons. The first-order valence-electron chi connectivity index (χ1n) is 5.67. The number of amides is 1. The molecule has 2 N–H and O–H groups in total. The van der Waals surface area contributed by atoms with Gasteiger partial charge in [0.15, 0.2) is 0 Å². The topological polar surface area (TPSA) is 64.2 Å². The molecule has 5 heteroatoms. The summed E-state index contributed by atoms with van der Waals surface area (Å²) in [5, 5.41) is 4.03. The smallest absolute Gasteiger partial charge is 0.244 e. The van der Waals surface area contributed by atoms with Crippen LogP contribution in [0, 0.1) is 5.92 Å². The lowest BCUT2D eigenvalue weighted by Crippen LogP contribution is -2.49. The Morgan fingerprint density at radius 3 is 3.06 bits per heavy atom. The zero-order chi connectivity index (χ0) is 11.5. The lowest BCUT2D eigenvalue weighted by atomic mass is 9.95. The van der Waals surface area contributed by atoms with E-state index in [-0.39, 0.29) is 11.9 Å². The zero-order valence-corrected chi connectivity index (χ0v) is 9.54. The Morgan fingerprint density at radius 1 is 1.62 bits per heavy atom. The molecule has 0 aromatic carbocycles. The van der Waals surface area contributed by atoms with Gasteiger partial charge in [-0.3, -0.25) is 9.48 Å². The number of likely N-dealkylation sites (tertiary alicyclic amines) is 1. The highest BCUT2D eigenvalue weighted by atomic mass is 16.2. The summed E-state index contributed by atoms with van der Waals surface area (Å²) >= 11 is 0. The van der Waals surface area contributed by atoms with Gasteiger partial charge in [0, 0.05) is 31.5 Å². The van der Waals surface area contributed by atoms with Gasteiger partial charge in [0.05, 0.1) is 0 Å². The first-order valence-corrected chi connectivity index (χ1v) is 5.67. The number of piperidine rings is 1. The van der Waals surface area contributed by atoms with Gasteiger partial charge < -0.3 is 10.6 Å². The van der Waals surface area contributed by atoms with E-state index in [1.165, 1.54) is 0 Å². The molecule has 2 unspecified atom stereocenters. The molecule has 2 heterocycles. The predicted molar refractivity (Wildman–Crippen MR) is 60.6 cm³/mol. The van der Waals surface area contributed by atoms with Crippen LogP contribution in [-0.4, -0.2) is 39.7 Å². The van der Waals surface area contributed by atoms with E-state index in [0.717, 1.165) is 19.5 Å². The van der Waals surface area contributed by atoms with E-state index in [2.05, 4.69) is 12.0 Å². The quantitative estimate of drug-likeness (QED) is 0.770. The summed E-state index contributed by atoms with van der Waals surface area (Å²) in [4.78, 5) is 13.8. The molecule has 16 heavy (non-hydrogen) atoms. The monoisotopic (exact) mass is 222 g/mol. The number of rotatable bonds is 2. The van der Waals surface area contributed by atoms with Crippen LogP contribution in [0.4, 0.5) is 0 Å². The molecule has 0 saturated carbocycles. The summed E-state index contributed by atoms with van der Waals surface area (Å²) in [5.41, 5.74) is 5.92. The van der Waals surface area contributed by atoms with E-state index in [9.17, 15) is 4.79 Å². The maximum absolute atomic E-state index is 11.9. The van der Waals surface area contributed by atoms with Crippen LogP contribution in [-0.2, 0) is 11.3 Å². The van der Waals surface area contributed by atoms with Gasteiger partial charge in [-0.05, 0) is 18.4 Å². The maximum atomic E-state index is 11.9. The van der Waals surface area contributed by atoms with Crippen LogP contribution in [0.5, 0.6) is 0 Å². The van der Waals surface area contributed by atoms with Gasteiger partial charge in [-0.1, -0.05) is 6.92 Å². The van der Waals surface area contributed by atoms with Crippen molar-refractivity contribution in [3.63, 3.8) is 0 Å². The minimum Gasteiger partial charge on any atom is -0.341 e. The minimum atomic E-state index is 0.127. The van der Waals surface area contributed by atoms with Gasteiger partial charge in [-0.15, -0.1) is 0 Å². The van der Waals surface area contributed by atoms with E-state index in [1.54, 1.807) is 17.1 Å². The number of hydrogen-bond donors (Lipinski definition) is 1. The van der Waals surface area contributed by atoms with E-state index >= 15 is 0 Å². The molecule has 2 rings (SSSR count). The van der Waals surface area contributed by atoms with Crippen molar-refractivity contribution in [1.29, 1.82) is 0 Å². The molecule has 2 atom stereocenters. The van der Waals surface area contributed by atoms with Crippen LogP contribution < -0.4 is 5.73 Å². The summed E-state index contributed by atoms with van der Waals surface area (Å²) in [6.45, 7) is 3.96. The average molecular weight is 222 g/mol. The van der Waals surface area contributed by atoms with E-state index in [4.69, 9.17) is 5.73 Å². The Balaban J connectivity index is 1.90. The molecule has 1 amide bonds. The molecule has 0 spiro atoms. The summed E-state index contributed by atoms with van der Waals surface area (Å²) in [5.74, 6) is 0.512. The fourth-order valence-electron chi connectivity index (χ4n) is 2.02. The van der Waals surface area contributed by atoms with Gasteiger partial charge in [0.2, 0.25) is 5.91 Å². The second kappa shape index (κ2) is 4.65. The van der Waals surface area contributed by atoms with Crippen molar-refractivity contribution < 1.29 is 4.79 Å². The second-order valence-corrected chi connectivity index (χ2v) is 4.47. The zero-order valence-electron chi connectivity index (χ0n) is 9.54. The van der Waals surface area contributed by atoms with Crippen LogP contribution in [0.2, 0.25) is 0 Å². The molecular weight excluding hydrogens is 204 g/mol. The number of carbonyl (C=O) groups is 1. The third-order valence-corrected chi connectivity index (χ3v) is 3.18. The third-order valence-electron chi connectivity index (χ3n) is 3.18. The van der Waals surface area contributed by atoms with E-state index < -0.39 is 0 Å². The summed E-state index contributed by atoms with van der Waals surface area (Å²) in [7, 11) is 0. The Morgan fingerprint density at radius 2 is 2.44 bits per heavy atom.